The molecule has 0 aromatic heterocycles. The fourth-order valence-corrected chi connectivity index (χ4v) is 2.07. The summed E-state index contributed by atoms with van der Waals surface area (Å²) in [5.41, 5.74) is -0.496. The van der Waals surface area contributed by atoms with Crippen molar-refractivity contribution in [1.29, 1.82) is 0 Å². The van der Waals surface area contributed by atoms with Crippen LogP contribution in [0.4, 0.5) is 18.9 Å². The number of anilines is 1. The molecule has 2 aromatic rings. The minimum Gasteiger partial charge on any atom is -0.343 e. The Hall–Kier alpha value is -2.54. The second-order valence-electron chi connectivity index (χ2n) is 4.79. The van der Waals surface area contributed by atoms with E-state index in [-0.39, 0.29) is 17.3 Å². The zero-order valence-corrected chi connectivity index (χ0v) is 12.9. The van der Waals surface area contributed by atoms with Crippen molar-refractivity contribution in [2.45, 2.75) is 6.18 Å². The lowest BCUT2D eigenvalue weighted by atomic mass is 10.2. The molecule has 0 spiro atoms. The van der Waals surface area contributed by atoms with Crippen LogP contribution in [0.2, 0.25) is 5.02 Å². The molecule has 0 aliphatic carbocycles. The number of hydrogen-bond donors (Lipinski definition) is 2. The monoisotopic (exact) mass is 356 g/mol. The molecular weight excluding hydrogens is 345 g/mol. The minimum absolute atomic E-state index is 0.0311. The minimum atomic E-state index is -4.52. The van der Waals surface area contributed by atoms with Crippen LogP contribution in [0, 0.1) is 0 Å². The van der Waals surface area contributed by atoms with Crippen molar-refractivity contribution in [1.82, 2.24) is 5.32 Å². The van der Waals surface area contributed by atoms with E-state index in [1.807, 2.05) is 0 Å². The quantitative estimate of drug-likeness (QED) is 0.877. The summed E-state index contributed by atoms with van der Waals surface area (Å²) >= 11 is 5.74. The zero-order valence-electron chi connectivity index (χ0n) is 12.2. The van der Waals surface area contributed by atoms with E-state index in [4.69, 9.17) is 11.6 Å². The lowest BCUT2D eigenvalue weighted by molar-refractivity contribution is -0.137. The first kappa shape index (κ1) is 17.8. The Kier molecular flexibility index (Phi) is 5.46. The largest absolute Gasteiger partial charge is 0.416 e. The summed E-state index contributed by atoms with van der Waals surface area (Å²) in [6, 6.07) is 10.9. The highest BCUT2D eigenvalue weighted by atomic mass is 35.5. The molecule has 24 heavy (non-hydrogen) atoms. The highest BCUT2D eigenvalue weighted by molar-refractivity contribution is 6.33. The van der Waals surface area contributed by atoms with Gasteiger partial charge in [0.1, 0.15) is 0 Å². The Morgan fingerprint density at radius 3 is 2.29 bits per heavy atom. The van der Waals surface area contributed by atoms with E-state index in [0.717, 1.165) is 18.2 Å². The van der Waals surface area contributed by atoms with Crippen molar-refractivity contribution in [2.75, 3.05) is 11.9 Å². The van der Waals surface area contributed by atoms with Gasteiger partial charge in [0, 0.05) is 5.56 Å². The maximum absolute atomic E-state index is 12.5. The average molecular weight is 357 g/mol. The number of amides is 2. The normalized spacial score (nSPS) is 11.0. The number of nitrogens with one attached hydrogen (secondary N) is 2. The fourth-order valence-electron chi connectivity index (χ4n) is 1.84. The Morgan fingerprint density at radius 1 is 1.04 bits per heavy atom. The van der Waals surface area contributed by atoms with E-state index in [2.05, 4.69) is 10.6 Å². The van der Waals surface area contributed by atoms with Crippen LogP contribution >= 0.6 is 11.6 Å². The van der Waals surface area contributed by atoms with E-state index in [9.17, 15) is 22.8 Å². The first-order valence-corrected chi connectivity index (χ1v) is 7.15. The molecule has 0 saturated carbocycles. The summed E-state index contributed by atoms with van der Waals surface area (Å²) in [5, 5.41) is 4.50. The van der Waals surface area contributed by atoms with Gasteiger partial charge in [-0.15, -0.1) is 0 Å². The van der Waals surface area contributed by atoms with Crippen LogP contribution in [0.1, 0.15) is 15.9 Å². The van der Waals surface area contributed by atoms with Crippen LogP contribution in [-0.2, 0) is 11.0 Å². The van der Waals surface area contributed by atoms with Crippen molar-refractivity contribution >= 4 is 29.1 Å². The van der Waals surface area contributed by atoms with E-state index >= 15 is 0 Å². The van der Waals surface area contributed by atoms with Crippen molar-refractivity contribution in [3.63, 3.8) is 0 Å². The summed E-state index contributed by atoms with van der Waals surface area (Å²) in [7, 11) is 0. The predicted octanol–water partition coefficient (Wildman–Crippen LogP) is 3.73. The lowest BCUT2D eigenvalue weighted by Crippen LogP contribution is -2.32. The third-order valence-corrected chi connectivity index (χ3v) is 3.33. The smallest absolute Gasteiger partial charge is 0.343 e. The van der Waals surface area contributed by atoms with Crippen molar-refractivity contribution < 1.29 is 22.8 Å². The summed E-state index contributed by atoms with van der Waals surface area (Å²) in [5.74, 6) is -1.05. The maximum Gasteiger partial charge on any atom is 0.416 e. The first-order valence-electron chi connectivity index (χ1n) is 6.77. The molecule has 2 rings (SSSR count). The summed E-state index contributed by atoms with van der Waals surface area (Å²) in [4.78, 5) is 23.6. The van der Waals surface area contributed by atoms with Crippen LogP contribution in [0.3, 0.4) is 0 Å². The van der Waals surface area contributed by atoms with Crippen molar-refractivity contribution in [2.24, 2.45) is 0 Å². The Morgan fingerprint density at radius 2 is 1.71 bits per heavy atom. The van der Waals surface area contributed by atoms with Crippen LogP contribution < -0.4 is 10.6 Å². The van der Waals surface area contributed by atoms with E-state index in [0.29, 0.717) is 5.56 Å². The molecule has 0 atom stereocenters. The van der Waals surface area contributed by atoms with E-state index in [1.165, 1.54) is 0 Å². The molecular formula is C16H12ClF3N2O2. The summed E-state index contributed by atoms with van der Waals surface area (Å²) in [6.07, 6.45) is -4.52. The molecule has 0 radical (unpaired) electrons. The second-order valence-corrected chi connectivity index (χ2v) is 5.20. The zero-order chi connectivity index (χ0) is 17.7. The van der Waals surface area contributed by atoms with Gasteiger partial charge < -0.3 is 10.6 Å². The van der Waals surface area contributed by atoms with Crippen molar-refractivity contribution in [3.8, 4) is 0 Å². The molecule has 0 heterocycles. The van der Waals surface area contributed by atoms with Crippen molar-refractivity contribution in [3.05, 3.63) is 64.7 Å². The highest BCUT2D eigenvalue weighted by Crippen LogP contribution is 2.33. The van der Waals surface area contributed by atoms with E-state index in [1.54, 1.807) is 30.3 Å². The van der Waals surface area contributed by atoms with Gasteiger partial charge in [0.25, 0.3) is 5.91 Å². The van der Waals surface area contributed by atoms with Gasteiger partial charge in [-0.1, -0.05) is 29.8 Å². The Bertz CT molecular complexity index is 749. The maximum atomic E-state index is 12.5. The van der Waals surface area contributed by atoms with E-state index < -0.39 is 23.6 Å². The highest BCUT2D eigenvalue weighted by Gasteiger charge is 2.30. The molecule has 2 amide bonds. The van der Waals surface area contributed by atoms with Gasteiger partial charge in [-0.2, -0.15) is 13.2 Å². The SMILES string of the molecule is O=C(CNC(=O)c1ccccc1)Nc1ccc(C(F)(F)F)cc1Cl. The standard InChI is InChI=1S/C16H12ClF3N2O2/c17-12-8-11(16(18,19)20)6-7-13(12)22-14(23)9-21-15(24)10-4-2-1-3-5-10/h1-8H,9H2,(H,21,24)(H,22,23). The topological polar surface area (TPSA) is 58.2 Å². The van der Waals surface area contributed by atoms with Gasteiger partial charge in [-0.05, 0) is 30.3 Å². The molecule has 8 heteroatoms. The molecule has 0 unspecified atom stereocenters. The van der Waals surface area contributed by atoms with Crippen LogP contribution in [-0.4, -0.2) is 18.4 Å². The van der Waals surface area contributed by atoms with Gasteiger partial charge >= 0.3 is 6.18 Å². The molecule has 2 N–H and O–H groups in total. The number of benzene rings is 2. The molecule has 2 aromatic carbocycles. The number of hydrogen-bond acceptors (Lipinski definition) is 2. The average Bonchev–Trinajstić information content (AvgIpc) is 2.54. The molecule has 0 saturated heterocycles. The van der Waals surface area contributed by atoms with Crippen LogP contribution in [0.25, 0.3) is 0 Å². The van der Waals surface area contributed by atoms with Gasteiger partial charge in [0.15, 0.2) is 0 Å². The molecule has 0 aliphatic rings. The lowest BCUT2D eigenvalue weighted by Gasteiger charge is -2.11. The molecule has 0 bridgehead atoms. The van der Waals surface area contributed by atoms with Gasteiger partial charge in [-0.25, -0.2) is 0 Å². The van der Waals surface area contributed by atoms with Crippen LogP contribution in [0.5, 0.6) is 0 Å². The summed E-state index contributed by atoms with van der Waals surface area (Å²) < 4.78 is 37.6. The fraction of sp³-hybridized carbons (Fsp3) is 0.125. The molecule has 0 aliphatic heterocycles. The molecule has 4 nitrogen and oxygen atoms in total. The molecule has 126 valence electrons. The van der Waals surface area contributed by atoms with Gasteiger partial charge in [0.05, 0.1) is 22.8 Å². The number of carbonyl (C=O) groups excluding carboxylic acids is 2. The first-order chi connectivity index (χ1) is 11.3. The number of rotatable bonds is 4. The predicted molar refractivity (Wildman–Crippen MR) is 83.9 cm³/mol. The second kappa shape index (κ2) is 7.35. The number of halogens is 4. The Labute approximate surface area is 140 Å². The summed E-state index contributed by atoms with van der Waals surface area (Å²) in [6.45, 7) is -0.342. The van der Waals surface area contributed by atoms with Crippen LogP contribution in [0.15, 0.2) is 48.5 Å². The third kappa shape index (κ3) is 4.73. The molecule has 0 fully saturated rings. The number of carbonyl (C=O) groups is 2. The van der Waals surface area contributed by atoms with Gasteiger partial charge in [0.2, 0.25) is 5.91 Å². The Balaban J connectivity index is 1.94. The number of alkyl halides is 3. The van der Waals surface area contributed by atoms with Gasteiger partial charge in [-0.3, -0.25) is 9.59 Å². The third-order valence-electron chi connectivity index (χ3n) is 3.02.